The van der Waals surface area contributed by atoms with Crippen molar-refractivity contribution in [2.24, 2.45) is 5.84 Å². The standard InChI is InChI=1S/C13H21F3N4S/c1-12(2,20-6-4-3-5-7-20)10(19-17)9-8-18-11(21-9)13(14,15)16/h8,10,19H,3-7,17H2,1-2H3. The van der Waals surface area contributed by atoms with E-state index in [2.05, 4.69) is 15.3 Å². The molecule has 0 saturated carbocycles. The summed E-state index contributed by atoms with van der Waals surface area (Å²) in [4.78, 5) is 6.29. The number of piperidine rings is 1. The SMILES string of the molecule is CC(C)(C(NN)c1cnc(C(F)(F)F)s1)N1CCCCC1. The Bertz CT molecular complexity index is 466. The highest BCUT2D eigenvalue weighted by Gasteiger charge is 2.40. The van der Waals surface area contributed by atoms with Gasteiger partial charge in [0, 0.05) is 16.6 Å². The monoisotopic (exact) mass is 322 g/mol. The van der Waals surface area contributed by atoms with Gasteiger partial charge in [0.2, 0.25) is 0 Å². The average Bonchev–Trinajstić information content (AvgIpc) is 2.90. The number of rotatable bonds is 4. The topological polar surface area (TPSA) is 54.2 Å². The summed E-state index contributed by atoms with van der Waals surface area (Å²) >= 11 is 0.658. The zero-order valence-electron chi connectivity index (χ0n) is 12.2. The molecule has 120 valence electrons. The Morgan fingerprint density at radius 3 is 2.38 bits per heavy atom. The van der Waals surface area contributed by atoms with Crippen LogP contribution < -0.4 is 11.3 Å². The first-order valence-corrected chi connectivity index (χ1v) is 7.82. The molecule has 1 fully saturated rings. The smallest absolute Gasteiger partial charge is 0.296 e. The zero-order chi connectivity index (χ0) is 15.7. The summed E-state index contributed by atoms with van der Waals surface area (Å²) in [6.07, 6.45) is 0.293. The van der Waals surface area contributed by atoms with Crippen molar-refractivity contribution >= 4 is 11.3 Å². The van der Waals surface area contributed by atoms with Gasteiger partial charge in [0.25, 0.3) is 0 Å². The lowest BCUT2D eigenvalue weighted by atomic mass is 9.90. The largest absolute Gasteiger partial charge is 0.443 e. The summed E-state index contributed by atoms with van der Waals surface area (Å²) in [6.45, 7) is 5.90. The van der Waals surface area contributed by atoms with E-state index in [1.165, 1.54) is 12.6 Å². The Labute approximate surface area is 126 Å². The predicted molar refractivity (Wildman–Crippen MR) is 76.7 cm³/mol. The molecule has 0 amide bonds. The molecule has 1 aromatic heterocycles. The van der Waals surface area contributed by atoms with Gasteiger partial charge in [0.15, 0.2) is 5.01 Å². The molecule has 1 aliphatic heterocycles. The summed E-state index contributed by atoms with van der Waals surface area (Å²) in [5.41, 5.74) is 2.31. The highest BCUT2D eigenvalue weighted by Crippen LogP contribution is 2.39. The molecule has 0 bridgehead atoms. The number of aromatic nitrogens is 1. The fourth-order valence-corrected chi connectivity index (χ4v) is 3.86. The third-order valence-corrected chi connectivity index (χ3v) is 5.20. The van der Waals surface area contributed by atoms with Crippen LogP contribution in [0.5, 0.6) is 0 Å². The molecule has 0 radical (unpaired) electrons. The van der Waals surface area contributed by atoms with Crippen LogP contribution in [0, 0.1) is 0 Å². The molecule has 21 heavy (non-hydrogen) atoms. The number of nitrogens with one attached hydrogen (secondary N) is 1. The van der Waals surface area contributed by atoms with E-state index in [4.69, 9.17) is 5.84 Å². The second-order valence-corrected chi connectivity index (χ2v) is 6.93. The minimum Gasteiger partial charge on any atom is -0.296 e. The number of halogens is 3. The number of nitrogens with two attached hydrogens (primary N) is 1. The van der Waals surface area contributed by atoms with E-state index in [0.717, 1.165) is 25.9 Å². The molecule has 1 unspecified atom stereocenters. The lowest BCUT2D eigenvalue weighted by Gasteiger charge is -2.45. The van der Waals surface area contributed by atoms with Crippen LogP contribution in [0.2, 0.25) is 0 Å². The van der Waals surface area contributed by atoms with Crippen molar-refractivity contribution < 1.29 is 13.2 Å². The summed E-state index contributed by atoms with van der Waals surface area (Å²) in [6, 6.07) is -0.385. The molecule has 1 saturated heterocycles. The van der Waals surface area contributed by atoms with E-state index >= 15 is 0 Å². The van der Waals surface area contributed by atoms with Gasteiger partial charge in [-0.2, -0.15) is 13.2 Å². The molecule has 2 heterocycles. The molecule has 0 aromatic carbocycles. The molecule has 2 rings (SSSR count). The van der Waals surface area contributed by atoms with Crippen molar-refractivity contribution in [1.29, 1.82) is 0 Å². The third kappa shape index (κ3) is 3.56. The van der Waals surface area contributed by atoms with Gasteiger partial charge in [-0.1, -0.05) is 6.42 Å². The van der Waals surface area contributed by atoms with Crippen LogP contribution >= 0.6 is 11.3 Å². The second-order valence-electron chi connectivity index (χ2n) is 5.87. The maximum atomic E-state index is 12.7. The normalized spacial score (nSPS) is 19.7. The van der Waals surface area contributed by atoms with Gasteiger partial charge in [-0.05, 0) is 39.8 Å². The Balaban J connectivity index is 2.23. The van der Waals surface area contributed by atoms with Crippen LogP contribution in [-0.2, 0) is 6.18 Å². The molecule has 0 aliphatic carbocycles. The van der Waals surface area contributed by atoms with Crippen molar-refractivity contribution in [3.63, 3.8) is 0 Å². The van der Waals surface area contributed by atoms with Gasteiger partial charge in [0.1, 0.15) is 0 Å². The molecule has 3 N–H and O–H groups in total. The van der Waals surface area contributed by atoms with Crippen molar-refractivity contribution in [3.8, 4) is 0 Å². The summed E-state index contributed by atoms with van der Waals surface area (Å²) in [5.74, 6) is 5.64. The first-order valence-electron chi connectivity index (χ1n) is 7.01. The van der Waals surface area contributed by atoms with Crippen LogP contribution in [0.1, 0.15) is 49.0 Å². The van der Waals surface area contributed by atoms with Gasteiger partial charge in [0.05, 0.1) is 6.04 Å². The number of nitrogens with zero attached hydrogens (tertiary/aromatic N) is 2. The van der Waals surface area contributed by atoms with E-state index in [-0.39, 0.29) is 11.6 Å². The number of alkyl halides is 3. The average molecular weight is 322 g/mol. The van der Waals surface area contributed by atoms with E-state index in [1.807, 2.05) is 13.8 Å². The van der Waals surface area contributed by atoms with Gasteiger partial charge in [-0.3, -0.25) is 16.2 Å². The number of likely N-dealkylation sites (tertiary alicyclic amines) is 1. The van der Waals surface area contributed by atoms with Gasteiger partial charge in [-0.25, -0.2) is 4.98 Å². The Kier molecular flexibility index (Phi) is 4.92. The van der Waals surface area contributed by atoms with E-state index in [0.29, 0.717) is 16.2 Å². The number of hydrogen-bond donors (Lipinski definition) is 2. The molecule has 8 heteroatoms. The predicted octanol–water partition coefficient (Wildman–Crippen LogP) is 2.93. The molecule has 1 aromatic rings. The summed E-state index contributed by atoms with van der Waals surface area (Å²) in [5, 5.41) is -0.827. The van der Waals surface area contributed by atoms with E-state index in [1.54, 1.807) is 0 Å². The maximum Gasteiger partial charge on any atom is 0.443 e. The van der Waals surface area contributed by atoms with E-state index < -0.39 is 11.2 Å². The zero-order valence-corrected chi connectivity index (χ0v) is 13.0. The molecule has 4 nitrogen and oxygen atoms in total. The maximum absolute atomic E-state index is 12.7. The fourth-order valence-electron chi connectivity index (χ4n) is 2.84. The van der Waals surface area contributed by atoms with Crippen molar-refractivity contribution in [2.45, 2.75) is 50.9 Å². The minimum absolute atomic E-state index is 0.370. The first kappa shape index (κ1) is 16.7. The lowest BCUT2D eigenvalue weighted by molar-refractivity contribution is -0.137. The van der Waals surface area contributed by atoms with Gasteiger partial charge < -0.3 is 0 Å². The van der Waals surface area contributed by atoms with E-state index in [9.17, 15) is 13.2 Å². The van der Waals surface area contributed by atoms with Crippen LogP contribution in [0.3, 0.4) is 0 Å². The summed E-state index contributed by atoms with van der Waals surface area (Å²) in [7, 11) is 0. The number of hydrogen-bond acceptors (Lipinski definition) is 5. The summed E-state index contributed by atoms with van der Waals surface area (Å²) < 4.78 is 38.1. The quantitative estimate of drug-likeness (QED) is 0.661. The Hall–Kier alpha value is -0.700. The Morgan fingerprint density at radius 2 is 1.90 bits per heavy atom. The number of hydrazine groups is 1. The highest BCUT2D eigenvalue weighted by molar-refractivity contribution is 7.11. The highest BCUT2D eigenvalue weighted by atomic mass is 32.1. The van der Waals surface area contributed by atoms with Crippen LogP contribution in [-0.4, -0.2) is 28.5 Å². The third-order valence-electron chi connectivity index (χ3n) is 4.09. The first-order chi connectivity index (χ1) is 9.76. The molecule has 1 atom stereocenters. The molecule has 0 spiro atoms. The molecular weight excluding hydrogens is 301 g/mol. The van der Waals surface area contributed by atoms with Crippen LogP contribution in [0.4, 0.5) is 13.2 Å². The van der Waals surface area contributed by atoms with Gasteiger partial charge in [-0.15, -0.1) is 11.3 Å². The van der Waals surface area contributed by atoms with Crippen molar-refractivity contribution in [2.75, 3.05) is 13.1 Å². The fraction of sp³-hybridized carbons (Fsp3) is 0.769. The minimum atomic E-state index is -4.41. The van der Waals surface area contributed by atoms with Crippen molar-refractivity contribution in [1.82, 2.24) is 15.3 Å². The van der Waals surface area contributed by atoms with Crippen LogP contribution in [0.15, 0.2) is 6.20 Å². The second kappa shape index (κ2) is 6.20. The molecular formula is C13H21F3N4S. The van der Waals surface area contributed by atoms with Gasteiger partial charge >= 0.3 is 6.18 Å². The lowest BCUT2D eigenvalue weighted by Crippen LogP contribution is -2.55. The number of thiazole rings is 1. The van der Waals surface area contributed by atoms with Crippen molar-refractivity contribution in [3.05, 3.63) is 16.1 Å². The Morgan fingerprint density at radius 1 is 1.29 bits per heavy atom. The molecule has 1 aliphatic rings. The van der Waals surface area contributed by atoms with Crippen LogP contribution in [0.25, 0.3) is 0 Å².